The molecule has 2 heterocycles. The van der Waals surface area contributed by atoms with E-state index in [-0.39, 0.29) is 29.8 Å². The lowest BCUT2D eigenvalue weighted by Gasteiger charge is -2.47. The van der Waals surface area contributed by atoms with Gasteiger partial charge in [0.15, 0.2) is 5.84 Å². The molecule has 9 nitrogen and oxygen atoms in total. The minimum atomic E-state index is -0.622. The van der Waals surface area contributed by atoms with Crippen LogP contribution in [0.2, 0.25) is 10.0 Å². The van der Waals surface area contributed by atoms with Crippen LogP contribution in [0.3, 0.4) is 0 Å². The van der Waals surface area contributed by atoms with E-state index in [0.717, 1.165) is 44.1 Å². The fourth-order valence-corrected chi connectivity index (χ4v) is 7.15. The zero-order chi connectivity index (χ0) is 29.6. The summed E-state index contributed by atoms with van der Waals surface area (Å²) in [6, 6.07) is 12.7. The van der Waals surface area contributed by atoms with Crippen LogP contribution in [0, 0.1) is 17.3 Å². The molecule has 2 amide bonds. The van der Waals surface area contributed by atoms with Crippen molar-refractivity contribution < 1.29 is 9.59 Å². The number of rotatable bonds is 7. The van der Waals surface area contributed by atoms with Crippen molar-refractivity contribution in [2.75, 3.05) is 6.54 Å². The summed E-state index contributed by atoms with van der Waals surface area (Å²) in [7, 11) is 0. The predicted octanol–water partition coefficient (Wildman–Crippen LogP) is 5.36. The average molecular weight is 611 g/mol. The molecule has 0 radical (unpaired) electrons. The number of nitrogens with one attached hydrogen (secondary N) is 4. The Morgan fingerprint density at radius 2 is 1.74 bits per heavy atom. The van der Waals surface area contributed by atoms with Crippen molar-refractivity contribution in [1.29, 1.82) is 0 Å². The highest BCUT2D eigenvalue weighted by atomic mass is 35.5. The van der Waals surface area contributed by atoms with Crippen molar-refractivity contribution in [3.63, 3.8) is 0 Å². The number of hydrogen-bond donors (Lipinski definition) is 4. The smallest absolute Gasteiger partial charge is 0.275 e. The van der Waals surface area contributed by atoms with E-state index in [1.54, 1.807) is 18.2 Å². The van der Waals surface area contributed by atoms with Crippen molar-refractivity contribution in [1.82, 2.24) is 26.7 Å². The van der Waals surface area contributed by atoms with Gasteiger partial charge in [-0.15, -0.1) is 10.6 Å². The first-order chi connectivity index (χ1) is 20.0. The number of aliphatic imine (C=N–C) groups is 1. The number of carbonyl (C=O) groups excluding carboxylic acids is 2. The molecule has 0 saturated heterocycles. The van der Waals surface area contributed by atoms with E-state index < -0.39 is 5.66 Å². The number of hydrazone groups is 1. The number of amides is 2. The zero-order valence-electron chi connectivity index (χ0n) is 24.1. The maximum Gasteiger partial charge on any atom is 0.275 e. The first-order valence-electron chi connectivity index (χ1n) is 14.6. The molecular formula is C31H37Cl2N7O2. The van der Waals surface area contributed by atoms with E-state index in [2.05, 4.69) is 52.6 Å². The fraction of sp³-hybridized carbons (Fsp3) is 0.484. The summed E-state index contributed by atoms with van der Waals surface area (Å²) in [5.41, 5.74) is 10.3. The van der Waals surface area contributed by atoms with E-state index >= 15 is 0 Å². The molecule has 0 unspecified atom stereocenters. The highest BCUT2D eigenvalue weighted by Gasteiger charge is 2.55. The van der Waals surface area contributed by atoms with Crippen molar-refractivity contribution in [3.8, 4) is 0 Å². The van der Waals surface area contributed by atoms with Crippen LogP contribution in [0.1, 0.15) is 86.8 Å². The van der Waals surface area contributed by atoms with Crippen molar-refractivity contribution in [3.05, 3.63) is 69.2 Å². The van der Waals surface area contributed by atoms with Gasteiger partial charge in [0.05, 0.1) is 12.6 Å². The SMILES string of the molecule is CC(C)(C)C1CCC2(CC1)N=C(c1cc(Cl)cc(Cl)c1)C(=O)N2[C@@H](c1ccc(C(=O)NCC2=NNNN2)cc1)C1CC1. The number of benzene rings is 2. The van der Waals surface area contributed by atoms with Gasteiger partial charge >= 0.3 is 0 Å². The second-order valence-electron chi connectivity index (χ2n) is 12.9. The molecule has 4 aliphatic rings. The summed E-state index contributed by atoms with van der Waals surface area (Å²) in [4.78, 5) is 34.6. The van der Waals surface area contributed by atoms with Gasteiger partial charge in [0.2, 0.25) is 0 Å². The molecule has 2 aromatic rings. The highest BCUT2D eigenvalue weighted by molar-refractivity contribution is 6.47. The summed E-state index contributed by atoms with van der Waals surface area (Å²) in [6.45, 7) is 7.16. The minimum Gasteiger partial charge on any atom is -0.345 e. The predicted molar refractivity (Wildman–Crippen MR) is 165 cm³/mol. The standard InChI is InChI=1S/C31H37Cl2N7O2/c1-30(2,3)22-10-12-31(13-11-22)35-26(21-14-23(32)16-24(33)15-21)29(42)40(31)27(18-4-5-18)19-6-8-20(9-7-19)28(41)34-17-25-36-38-39-37-25/h6-9,14-16,18,22,27,38-39H,4-5,10-13,17H2,1-3H3,(H,34,41)(H,36,37)/t22?,27-,31?/m1/s1. The van der Waals surface area contributed by atoms with Gasteiger partial charge in [-0.1, -0.05) is 56.1 Å². The van der Waals surface area contributed by atoms with Gasteiger partial charge in [0.25, 0.3) is 11.8 Å². The van der Waals surface area contributed by atoms with Crippen molar-refractivity contribution in [2.24, 2.45) is 27.3 Å². The summed E-state index contributed by atoms with van der Waals surface area (Å²) >= 11 is 12.7. The van der Waals surface area contributed by atoms with Crippen LogP contribution in [-0.2, 0) is 4.79 Å². The Balaban J connectivity index is 1.31. The number of hydrogen-bond acceptors (Lipinski definition) is 7. The quantitative estimate of drug-likeness (QED) is 0.337. The summed E-state index contributed by atoms with van der Waals surface area (Å²) in [5, 5.41) is 7.80. The second-order valence-corrected chi connectivity index (χ2v) is 13.8. The van der Waals surface area contributed by atoms with Gasteiger partial charge in [-0.05, 0) is 91.7 Å². The van der Waals surface area contributed by atoms with Crippen LogP contribution in [0.4, 0.5) is 0 Å². The summed E-state index contributed by atoms with van der Waals surface area (Å²) < 4.78 is 0. The van der Waals surface area contributed by atoms with Gasteiger partial charge in [-0.3, -0.25) is 20.0 Å². The molecule has 1 spiro atoms. The van der Waals surface area contributed by atoms with E-state index in [1.807, 2.05) is 24.3 Å². The third-order valence-corrected chi connectivity index (χ3v) is 9.50. The average Bonchev–Trinajstić information content (AvgIpc) is 3.57. The van der Waals surface area contributed by atoms with E-state index in [1.165, 1.54) is 0 Å². The molecule has 2 fully saturated rings. The molecule has 0 bridgehead atoms. The third-order valence-electron chi connectivity index (χ3n) is 9.07. The van der Waals surface area contributed by atoms with Crippen molar-refractivity contribution >= 4 is 46.6 Å². The molecule has 6 rings (SSSR count). The Hall–Kier alpha value is -3.14. The van der Waals surface area contributed by atoms with Gasteiger partial charge in [-0.25, -0.2) is 5.53 Å². The van der Waals surface area contributed by atoms with Crippen LogP contribution in [0.5, 0.6) is 0 Å². The Morgan fingerprint density at radius 1 is 1.07 bits per heavy atom. The lowest BCUT2D eigenvalue weighted by Crippen LogP contribution is -2.52. The topological polar surface area (TPSA) is 110 Å². The first-order valence-corrected chi connectivity index (χ1v) is 15.4. The maximum atomic E-state index is 14.4. The third kappa shape index (κ3) is 5.74. The van der Waals surface area contributed by atoms with E-state index in [0.29, 0.717) is 44.6 Å². The van der Waals surface area contributed by atoms with Gasteiger partial charge in [-0.2, -0.15) is 0 Å². The van der Waals surface area contributed by atoms with Crippen LogP contribution >= 0.6 is 23.2 Å². The zero-order valence-corrected chi connectivity index (χ0v) is 25.6. The summed E-state index contributed by atoms with van der Waals surface area (Å²) in [6.07, 6.45) is 5.72. The maximum absolute atomic E-state index is 14.4. The number of halogens is 2. The van der Waals surface area contributed by atoms with E-state index in [4.69, 9.17) is 28.2 Å². The highest BCUT2D eigenvalue weighted by Crippen LogP contribution is 2.54. The molecule has 4 N–H and O–H groups in total. The fourth-order valence-electron chi connectivity index (χ4n) is 6.62. The molecule has 2 aliphatic carbocycles. The molecule has 1 atom stereocenters. The molecule has 42 heavy (non-hydrogen) atoms. The van der Waals surface area contributed by atoms with E-state index in [9.17, 15) is 9.59 Å². The molecule has 2 aliphatic heterocycles. The van der Waals surface area contributed by atoms with Crippen LogP contribution in [-0.4, -0.2) is 40.5 Å². The molecule has 11 heteroatoms. The number of amidine groups is 1. The molecule has 2 aromatic carbocycles. The minimum absolute atomic E-state index is 0.0756. The van der Waals surface area contributed by atoms with Crippen LogP contribution in [0.25, 0.3) is 0 Å². The monoisotopic (exact) mass is 609 g/mol. The molecular weight excluding hydrogens is 573 g/mol. The normalized spacial score (nSPS) is 24.6. The Kier molecular flexibility index (Phi) is 7.70. The van der Waals surface area contributed by atoms with Crippen LogP contribution in [0.15, 0.2) is 52.6 Å². The number of carbonyl (C=O) groups is 2. The molecule has 2 saturated carbocycles. The Bertz CT molecular complexity index is 1420. The van der Waals surface area contributed by atoms with Gasteiger partial charge < -0.3 is 10.2 Å². The lowest BCUT2D eigenvalue weighted by molar-refractivity contribution is -0.134. The largest absolute Gasteiger partial charge is 0.345 e. The Morgan fingerprint density at radius 3 is 2.31 bits per heavy atom. The second kappa shape index (κ2) is 11.2. The van der Waals surface area contributed by atoms with Crippen molar-refractivity contribution in [2.45, 2.75) is 71.0 Å². The first kappa shape index (κ1) is 29.0. The van der Waals surface area contributed by atoms with Gasteiger partial charge in [0, 0.05) is 21.2 Å². The number of nitrogens with zero attached hydrogens (tertiary/aromatic N) is 3. The Labute approximate surface area is 256 Å². The van der Waals surface area contributed by atoms with Crippen LogP contribution < -0.4 is 21.8 Å². The summed E-state index contributed by atoms with van der Waals surface area (Å²) in [5.74, 6) is 1.22. The number of hydrazine groups is 2. The molecule has 222 valence electrons. The van der Waals surface area contributed by atoms with Gasteiger partial charge in [0.1, 0.15) is 11.4 Å². The molecule has 0 aromatic heterocycles. The lowest BCUT2D eigenvalue weighted by atomic mass is 9.69.